The standard InChI is InChI=1S/C13H20N2OS/c1-10-5-3-4-6-12(10)15-13(16)9-17-11(2)7-8-14/h3-6,11H,7-9,14H2,1-2H3,(H,15,16). The van der Waals surface area contributed by atoms with Crippen molar-refractivity contribution in [1.29, 1.82) is 0 Å². The zero-order valence-electron chi connectivity index (χ0n) is 10.4. The Morgan fingerprint density at radius 1 is 1.47 bits per heavy atom. The maximum Gasteiger partial charge on any atom is 0.234 e. The predicted molar refractivity (Wildman–Crippen MR) is 75.4 cm³/mol. The fourth-order valence-electron chi connectivity index (χ4n) is 1.44. The van der Waals surface area contributed by atoms with Crippen LogP contribution in [0, 0.1) is 6.92 Å². The van der Waals surface area contributed by atoms with Crippen LogP contribution in [0.4, 0.5) is 5.69 Å². The van der Waals surface area contributed by atoms with Crippen molar-refractivity contribution >= 4 is 23.4 Å². The minimum Gasteiger partial charge on any atom is -0.330 e. The van der Waals surface area contributed by atoms with E-state index in [-0.39, 0.29) is 5.91 Å². The molecule has 1 atom stereocenters. The fourth-order valence-corrected chi connectivity index (χ4v) is 2.25. The Morgan fingerprint density at radius 2 is 2.18 bits per heavy atom. The summed E-state index contributed by atoms with van der Waals surface area (Å²) in [5, 5.41) is 3.35. The molecule has 1 aromatic rings. The molecule has 0 aliphatic heterocycles. The molecule has 4 heteroatoms. The van der Waals surface area contributed by atoms with Gasteiger partial charge in [-0.2, -0.15) is 0 Å². The summed E-state index contributed by atoms with van der Waals surface area (Å²) in [7, 11) is 0. The van der Waals surface area contributed by atoms with E-state index in [0.29, 0.717) is 17.5 Å². The van der Waals surface area contributed by atoms with Crippen molar-refractivity contribution in [3.63, 3.8) is 0 Å². The van der Waals surface area contributed by atoms with E-state index in [1.807, 2.05) is 31.2 Å². The highest BCUT2D eigenvalue weighted by Crippen LogP contribution is 2.16. The molecule has 1 rings (SSSR count). The summed E-state index contributed by atoms with van der Waals surface area (Å²) in [5.74, 6) is 0.531. The molecule has 3 N–H and O–H groups in total. The Labute approximate surface area is 107 Å². The Kier molecular flexibility index (Phi) is 6.08. The van der Waals surface area contributed by atoms with Crippen molar-refractivity contribution in [3.05, 3.63) is 29.8 Å². The number of anilines is 1. The highest BCUT2D eigenvalue weighted by atomic mass is 32.2. The monoisotopic (exact) mass is 252 g/mol. The van der Waals surface area contributed by atoms with Gasteiger partial charge in [0, 0.05) is 10.9 Å². The minimum absolute atomic E-state index is 0.0492. The number of carbonyl (C=O) groups is 1. The van der Waals surface area contributed by atoms with Gasteiger partial charge in [-0.15, -0.1) is 11.8 Å². The van der Waals surface area contributed by atoms with E-state index in [9.17, 15) is 4.79 Å². The number of thioether (sulfide) groups is 1. The molecule has 0 aliphatic carbocycles. The lowest BCUT2D eigenvalue weighted by atomic mass is 10.2. The summed E-state index contributed by atoms with van der Waals surface area (Å²) < 4.78 is 0. The lowest BCUT2D eigenvalue weighted by Gasteiger charge is -2.11. The fraction of sp³-hybridized carbons (Fsp3) is 0.462. The van der Waals surface area contributed by atoms with E-state index in [4.69, 9.17) is 5.73 Å². The largest absolute Gasteiger partial charge is 0.330 e. The molecule has 1 unspecified atom stereocenters. The van der Waals surface area contributed by atoms with Crippen LogP contribution < -0.4 is 11.1 Å². The van der Waals surface area contributed by atoms with Crippen LogP contribution >= 0.6 is 11.8 Å². The highest BCUT2D eigenvalue weighted by molar-refractivity contribution is 8.00. The van der Waals surface area contributed by atoms with Gasteiger partial charge >= 0.3 is 0 Å². The quantitative estimate of drug-likeness (QED) is 0.817. The van der Waals surface area contributed by atoms with Crippen LogP contribution in [-0.4, -0.2) is 23.5 Å². The van der Waals surface area contributed by atoms with Gasteiger partial charge in [0.15, 0.2) is 0 Å². The van der Waals surface area contributed by atoms with Gasteiger partial charge in [-0.1, -0.05) is 25.1 Å². The number of amides is 1. The number of aryl methyl sites for hydroxylation is 1. The molecule has 0 spiro atoms. The first-order valence-electron chi connectivity index (χ1n) is 5.80. The van der Waals surface area contributed by atoms with Crippen molar-refractivity contribution < 1.29 is 4.79 Å². The summed E-state index contributed by atoms with van der Waals surface area (Å²) in [6.07, 6.45) is 0.947. The summed E-state index contributed by atoms with van der Waals surface area (Å²) in [6, 6.07) is 7.79. The maximum absolute atomic E-state index is 11.7. The van der Waals surface area contributed by atoms with E-state index >= 15 is 0 Å². The first-order valence-corrected chi connectivity index (χ1v) is 6.85. The topological polar surface area (TPSA) is 55.1 Å². The van der Waals surface area contributed by atoms with Crippen LogP contribution in [0.5, 0.6) is 0 Å². The van der Waals surface area contributed by atoms with Gasteiger partial charge in [0.25, 0.3) is 0 Å². The average Bonchev–Trinajstić information content (AvgIpc) is 2.30. The van der Waals surface area contributed by atoms with Crippen molar-refractivity contribution in [2.24, 2.45) is 5.73 Å². The van der Waals surface area contributed by atoms with Crippen LogP contribution in [0.3, 0.4) is 0 Å². The molecule has 1 amide bonds. The summed E-state index contributed by atoms with van der Waals surface area (Å²) in [5.41, 5.74) is 7.44. The van der Waals surface area contributed by atoms with E-state index in [1.54, 1.807) is 11.8 Å². The number of nitrogens with one attached hydrogen (secondary N) is 1. The van der Waals surface area contributed by atoms with Crippen molar-refractivity contribution in [2.45, 2.75) is 25.5 Å². The Morgan fingerprint density at radius 3 is 2.82 bits per heavy atom. The zero-order chi connectivity index (χ0) is 12.7. The van der Waals surface area contributed by atoms with Gasteiger partial charge in [0.2, 0.25) is 5.91 Å². The molecule has 3 nitrogen and oxygen atoms in total. The van der Waals surface area contributed by atoms with Crippen LogP contribution in [0.2, 0.25) is 0 Å². The number of para-hydroxylation sites is 1. The van der Waals surface area contributed by atoms with E-state index in [0.717, 1.165) is 17.7 Å². The normalized spacial score (nSPS) is 12.2. The van der Waals surface area contributed by atoms with Crippen LogP contribution in [0.1, 0.15) is 18.9 Å². The summed E-state index contributed by atoms with van der Waals surface area (Å²) in [4.78, 5) is 11.7. The number of nitrogens with two attached hydrogens (primary N) is 1. The Bertz CT molecular complexity index is 368. The van der Waals surface area contributed by atoms with Crippen LogP contribution in [0.15, 0.2) is 24.3 Å². The number of benzene rings is 1. The Hall–Kier alpha value is -1.000. The van der Waals surface area contributed by atoms with Gasteiger partial charge in [-0.25, -0.2) is 0 Å². The second-order valence-electron chi connectivity index (χ2n) is 4.06. The van der Waals surface area contributed by atoms with E-state index in [2.05, 4.69) is 12.2 Å². The first kappa shape index (κ1) is 14.1. The lowest BCUT2D eigenvalue weighted by molar-refractivity contribution is -0.113. The van der Waals surface area contributed by atoms with Gasteiger partial charge in [0.05, 0.1) is 5.75 Å². The highest BCUT2D eigenvalue weighted by Gasteiger charge is 2.07. The summed E-state index contributed by atoms with van der Waals surface area (Å²) in [6.45, 7) is 4.76. The van der Waals surface area contributed by atoms with E-state index < -0.39 is 0 Å². The smallest absolute Gasteiger partial charge is 0.234 e. The molecule has 1 aromatic carbocycles. The molecular weight excluding hydrogens is 232 g/mol. The molecule has 0 bridgehead atoms. The van der Waals surface area contributed by atoms with Crippen molar-refractivity contribution in [1.82, 2.24) is 0 Å². The molecular formula is C13H20N2OS. The second kappa shape index (κ2) is 7.35. The van der Waals surface area contributed by atoms with Gasteiger partial charge in [-0.3, -0.25) is 4.79 Å². The number of rotatable bonds is 6. The van der Waals surface area contributed by atoms with Gasteiger partial charge in [0.1, 0.15) is 0 Å². The maximum atomic E-state index is 11.7. The van der Waals surface area contributed by atoms with Gasteiger partial charge in [-0.05, 0) is 31.5 Å². The molecule has 94 valence electrons. The number of carbonyl (C=O) groups excluding carboxylic acids is 1. The van der Waals surface area contributed by atoms with Crippen LogP contribution in [-0.2, 0) is 4.79 Å². The second-order valence-corrected chi connectivity index (χ2v) is 5.49. The Balaban J connectivity index is 2.37. The van der Waals surface area contributed by atoms with Gasteiger partial charge < -0.3 is 11.1 Å². The molecule has 0 saturated carbocycles. The van der Waals surface area contributed by atoms with Crippen molar-refractivity contribution in [3.8, 4) is 0 Å². The number of hydrogen-bond donors (Lipinski definition) is 2. The third kappa shape index (κ3) is 5.24. The SMILES string of the molecule is Cc1ccccc1NC(=O)CSC(C)CCN. The first-order chi connectivity index (χ1) is 8.13. The molecule has 0 aromatic heterocycles. The van der Waals surface area contributed by atoms with Crippen LogP contribution in [0.25, 0.3) is 0 Å². The molecule has 0 fully saturated rings. The molecule has 0 heterocycles. The molecule has 0 radical (unpaired) electrons. The third-order valence-electron chi connectivity index (χ3n) is 2.49. The third-order valence-corrected chi connectivity index (χ3v) is 3.72. The number of hydrogen-bond acceptors (Lipinski definition) is 3. The molecule has 17 heavy (non-hydrogen) atoms. The molecule has 0 aliphatic rings. The lowest BCUT2D eigenvalue weighted by Crippen LogP contribution is -2.17. The van der Waals surface area contributed by atoms with Crippen molar-refractivity contribution in [2.75, 3.05) is 17.6 Å². The minimum atomic E-state index is 0.0492. The van der Waals surface area contributed by atoms with E-state index in [1.165, 1.54) is 0 Å². The average molecular weight is 252 g/mol. The summed E-state index contributed by atoms with van der Waals surface area (Å²) >= 11 is 1.64. The predicted octanol–water partition coefficient (Wildman–Crippen LogP) is 2.40. The molecule has 0 saturated heterocycles. The zero-order valence-corrected chi connectivity index (χ0v) is 11.2.